The molecule has 0 radical (unpaired) electrons. The molecule has 7 heteroatoms. The zero-order chi connectivity index (χ0) is 23.9. The second kappa shape index (κ2) is 11.0. The number of hydrogen-bond donors (Lipinski definition) is 1. The normalized spacial score (nSPS) is 19.3. The highest BCUT2D eigenvalue weighted by Crippen LogP contribution is 2.34. The van der Waals surface area contributed by atoms with Crippen molar-refractivity contribution in [1.29, 1.82) is 5.26 Å². The number of nitrogens with zero attached hydrogens (tertiary/aromatic N) is 1. The molecule has 1 aliphatic carbocycles. The summed E-state index contributed by atoms with van der Waals surface area (Å²) in [7, 11) is 0. The fourth-order valence-corrected chi connectivity index (χ4v) is 4.29. The van der Waals surface area contributed by atoms with E-state index < -0.39 is 0 Å². The van der Waals surface area contributed by atoms with Gasteiger partial charge in [0.15, 0.2) is 23.0 Å². The van der Waals surface area contributed by atoms with E-state index in [0.29, 0.717) is 41.9 Å². The molecule has 2 atom stereocenters. The fourth-order valence-electron chi connectivity index (χ4n) is 4.29. The molecule has 34 heavy (non-hydrogen) atoms. The van der Waals surface area contributed by atoms with E-state index in [1.807, 2.05) is 37.3 Å². The van der Waals surface area contributed by atoms with Crippen LogP contribution in [-0.2, 0) is 11.4 Å². The van der Waals surface area contributed by atoms with Crippen LogP contribution in [0.25, 0.3) is 6.08 Å². The zero-order valence-electron chi connectivity index (χ0n) is 19.6. The molecule has 7 nitrogen and oxygen atoms in total. The number of carbonyl (C=O) groups is 1. The van der Waals surface area contributed by atoms with Crippen molar-refractivity contribution in [2.75, 3.05) is 13.4 Å². The molecule has 0 aromatic heterocycles. The summed E-state index contributed by atoms with van der Waals surface area (Å²) in [6, 6.07) is 13.2. The monoisotopic (exact) mass is 462 g/mol. The molecule has 2 aromatic carbocycles. The molecule has 1 amide bonds. The predicted molar refractivity (Wildman–Crippen MR) is 128 cm³/mol. The number of amides is 1. The minimum absolute atomic E-state index is 0.0780. The minimum atomic E-state index is -0.331. The number of ether oxygens (including phenoxy) is 4. The third kappa shape index (κ3) is 5.63. The van der Waals surface area contributed by atoms with Gasteiger partial charge in [-0.2, -0.15) is 5.26 Å². The number of carbonyl (C=O) groups excluding carboxylic acids is 1. The van der Waals surface area contributed by atoms with Crippen LogP contribution in [0.15, 0.2) is 42.0 Å². The van der Waals surface area contributed by atoms with Gasteiger partial charge in [0.05, 0.1) is 6.61 Å². The molecule has 178 valence electrons. The maximum absolute atomic E-state index is 12.7. The van der Waals surface area contributed by atoms with Gasteiger partial charge in [0.2, 0.25) is 6.79 Å². The third-order valence-corrected chi connectivity index (χ3v) is 6.20. The van der Waals surface area contributed by atoms with Gasteiger partial charge < -0.3 is 24.3 Å². The van der Waals surface area contributed by atoms with E-state index in [0.717, 1.165) is 30.6 Å². The van der Waals surface area contributed by atoms with Gasteiger partial charge in [-0.1, -0.05) is 31.9 Å². The van der Waals surface area contributed by atoms with Crippen LogP contribution in [0.4, 0.5) is 0 Å². The maximum Gasteiger partial charge on any atom is 0.262 e. The van der Waals surface area contributed by atoms with Gasteiger partial charge in [0, 0.05) is 6.04 Å². The lowest BCUT2D eigenvalue weighted by Gasteiger charge is -2.29. The summed E-state index contributed by atoms with van der Waals surface area (Å²) in [5.41, 5.74) is 1.72. The molecule has 2 aromatic rings. The molecule has 1 heterocycles. The number of nitrogens with one attached hydrogen (secondary N) is 1. The second-order valence-corrected chi connectivity index (χ2v) is 8.63. The summed E-state index contributed by atoms with van der Waals surface area (Å²) < 4.78 is 22.5. The van der Waals surface area contributed by atoms with Crippen LogP contribution in [0.3, 0.4) is 0 Å². The van der Waals surface area contributed by atoms with Crippen LogP contribution >= 0.6 is 0 Å². The molecule has 1 saturated carbocycles. The van der Waals surface area contributed by atoms with E-state index in [1.165, 1.54) is 6.42 Å². The third-order valence-electron chi connectivity index (χ3n) is 6.20. The number of fused-ring (bicyclic) bond motifs is 1. The van der Waals surface area contributed by atoms with Crippen molar-refractivity contribution in [2.24, 2.45) is 5.92 Å². The average molecular weight is 463 g/mol. The molecular weight excluding hydrogens is 432 g/mol. The Hall–Kier alpha value is -3.66. The Labute approximate surface area is 200 Å². The lowest BCUT2D eigenvalue weighted by Crippen LogP contribution is -2.41. The lowest BCUT2D eigenvalue weighted by atomic mass is 9.86. The summed E-state index contributed by atoms with van der Waals surface area (Å²) in [4.78, 5) is 12.7. The van der Waals surface area contributed by atoms with Crippen LogP contribution in [0, 0.1) is 17.2 Å². The SMILES string of the molecule is CCOc1cc(/C=C(\C#N)C(=O)N[C@H]2CCCC[C@H]2C)ccc1OCc1ccc2c(c1)OCO2. The van der Waals surface area contributed by atoms with Crippen molar-refractivity contribution in [3.05, 3.63) is 53.1 Å². The van der Waals surface area contributed by atoms with Crippen LogP contribution in [-0.4, -0.2) is 25.3 Å². The van der Waals surface area contributed by atoms with Crippen LogP contribution in [0.5, 0.6) is 23.0 Å². The number of benzene rings is 2. The molecule has 1 fully saturated rings. The smallest absolute Gasteiger partial charge is 0.262 e. The first-order valence-electron chi connectivity index (χ1n) is 11.8. The van der Waals surface area contributed by atoms with Crippen LogP contribution < -0.4 is 24.3 Å². The van der Waals surface area contributed by atoms with Crippen LogP contribution in [0.1, 0.15) is 50.7 Å². The van der Waals surface area contributed by atoms with Gasteiger partial charge in [-0.15, -0.1) is 0 Å². The second-order valence-electron chi connectivity index (χ2n) is 8.63. The van der Waals surface area contributed by atoms with Gasteiger partial charge in [-0.05, 0) is 67.2 Å². The molecule has 0 saturated heterocycles. The highest BCUT2D eigenvalue weighted by atomic mass is 16.7. The number of hydrogen-bond acceptors (Lipinski definition) is 6. The highest BCUT2D eigenvalue weighted by molar-refractivity contribution is 6.01. The van der Waals surface area contributed by atoms with Gasteiger partial charge in [-0.3, -0.25) is 4.79 Å². The lowest BCUT2D eigenvalue weighted by molar-refractivity contribution is -0.118. The molecule has 2 aliphatic rings. The Bertz CT molecular complexity index is 1100. The Morgan fingerprint density at radius 2 is 1.94 bits per heavy atom. The highest BCUT2D eigenvalue weighted by Gasteiger charge is 2.24. The largest absolute Gasteiger partial charge is 0.490 e. The Morgan fingerprint density at radius 1 is 1.12 bits per heavy atom. The van der Waals surface area contributed by atoms with E-state index >= 15 is 0 Å². The van der Waals surface area contributed by atoms with E-state index in [1.54, 1.807) is 18.2 Å². The minimum Gasteiger partial charge on any atom is -0.490 e. The number of nitriles is 1. The van der Waals surface area contributed by atoms with Crippen molar-refractivity contribution < 1.29 is 23.7 Å². The van der Waals surface area contributed by atoms with Crippen molar-refractivity contribution >= 4 is 12.0 Å². The van der Waals surface area contributed by atoms with Gasteiger partial charge in [0.25, 0.3) is 5.91 Å². The summed E-state index contributed by atoms with van der Waals surface area (Å²) >= 11 is 0. The molecule has 0 unspecified atom stereocenters. The van der Waals surface area contributed by atoms with E-state index in [-0.39, 0.29) is 24.3 Å². The summed E-state index contributed by atoms with van der Waals surface area (Å²) in [6.45, 7) is 5.06. The zero-order valence-corrected chi connectivity index (χ0v) is 19.6. The molecular formula is C27H30N2O5. The quantitative estimate of drug-likeness (QED) is 0.439. The summed E-state index contributed by atoms with van der Waals surface area (Å²) in [5.74, 6) is 2.65. The van der Waals surface area contributed by atoms with E-state index in [9.17, 15) is 10.1 Å². The first-order valence-corrected chi connectivity index (χ1v) is 11.8. The van der Waals surface area contributed by atoms with Crippen molar-refractivity contribution in [1.82, 2.24) is 5.32 Å². The molecule has 1 N–H and O–H groups in total. The van der Waals surface area contributed by atoms with E-state index in [2.05, 4.69) is 12.2 Å². The van der Waals surface area contributed by atoms with Crippen molar-refractivity contribution in [2.45, 2.75) is 52.2 Å². The van der Waals surface area contributed by atoms with Gasteiger partial charge >= 0.3 is 0 Å². The molecule has 0 bridgehead atoms. The van der Waals surface area contributed by atoms with Crippen molar-refractivity contribution in [3.8, 4) is 29.1 Å². The Morgan fingerprint density at radius 3 is 2.74 bits per heavy atom. The Balaban J connectivity index is 1.46. The first-order chi connectivity index (χ1) is 16.6. The topological polar surface area (TPSA) is 89.8 Å². The standard InChI is InChI=1S/C27H30N2O5/c1-3-31-25-13-19(12-21(15-28)27(30)29-22-7-5-4-6-18(22)2)8-10-23(25)32-16-20-9-11-24-26(14-20)34-17-33-24/h8-14,18,22H,3-7,16-17H2,1-2H3,(H,29,30)/b21-12+/t18-,22+/m1/s1. The molecule has 0 spiro atoms. The summed E-state index contributed by atoms with van der Waals surface area (Å²) in [5, 5.41) is 12.6. The van der Waals surface area contributed by atoms with Gasteiger partial charge in [-0.25, -0.2) is 0 Å². The van der Waals surface area contributed by atoms with Crippen LogP contribution in [0.2, 0.25) is 0 Å². The first kappa shape index (κ1) is 23.5. The Kier molecular flexibility index (Phi) is 7.58. The van der Waals surface area contributed by atoms with Crippen molar-refractivity contribution in [3.63, 3.8) is 0 Å². The molecule has 4 rings (SSSR count). The maximum atomic E-state index is 12.7. The fraction of sp³-hybridized carbons (Fsp3) is 0.407. The van der Waals surface area contributed by atoms with E-state index in [4.69, 9.17) is 18.9 Å². The average Bonchev–Trinajstić information content (AvgIpc) is 3.31. The van der Waals surface area contributed by atoms with Gasteiger partial charge in [0.1, 0.15) is 18.2 Å². The predicted octanol–water partition coefficient (Wildman–Crippen LogP) is 4.99. The number of rotatable bonds is 8. The molecule has 1 aliphatic heterocycles. The summed E-state index contributed by atoms with van der Waals surface area (Å²) in [6.07, 6.45) is 5.94.